The molecule has 3 N–H and O–H groups in total. The Morgan fingerprint density at radius 3 is 1.61 bits per heavy atom. The van der Waals surface area contributed by atoms with E-state index in [1.165, 1.54) is 46.3 Å². The van der Waals surface area contributed by atoms with Gasteiger partial charge in [-0.3, -0.25) is 43.9 Å². The van der Waals surface area contributed by atoms with Crippen molar-refractivity contribution in [2.24, 2.45) is 11.8 Å². The minimum absolute atomic E-state index is 0.0148. The molecular formula is C73H91N7O13Si2. The SMILES string of the molecule is COc1cc2c(cc1OCCCOc1cc3c(cc1OC)C(=O)N1C=C(C4CC4)C[C@H]1C(=O)N3COCC[Si](C)(C)C)N(COCC[Si](C)(C)C)C(=O)[C@@H]1CC(c3ccc(NC(=O)[C@H](C)NC(=O)[C@@H](NCOCC4c5ccccc5-c5ccccc54)C(C)C)cc3)=CN1C2=O. The van der Waals surface area contributed by atoms with E-state index in [-0.39, 0.29) is 86.6 Å². The summed E-state index contributed by atoms with van der Waals surface area (Å²) < 4.78 is 43.1. The molecule has 0 radical (unpaired) electrons. The third-order valence-electron chi connectivity index (χ3n) is 18.5. The number of hydrogen-bond acceptors (Lipinski definition) is 14. The van der Waals surface area contributed by atoms with Gasteiger partial charge in [-0.15, -0.1) is 0 Å². The van der Waals surface area contributed by atoms with Crippen molar-refractivity contribution in [3.8, 4) is 34.1 Å². The molecule has 0 bridgehead atoms. The Labute approximate surface area is 559 Å². The molecule has 0 unspecified atom stereocenters. The van der Waals surface area contributed by atoms with E-state index in [0.29, 0.717) is 78.5 Å². The molecule has 0 aromatic heterocycles. The highest BCUT2D eigenvalue weighted by Gasteiger charge is 2.47. The Hall–Kier alpha value is -8.13. The molecule has 4 atom stereocenters. The van der Waals surface area contributed by atoms with E-state index in [1.807, 2.05) is 56.4 Å². The molecule has 0 saturated heterocycles. The number of hydrogen-bond donors (Lipinski definition) is 3. The second-order valence-electron chi connectivity index (χ2n) is 28.3. The van der Waals surface area contributed by atoms with Crippen molar-refractivity contribution in [3.63, 3.8) is 0 Å². The van der Waals surface area contributed by atoms with Gasteiger partial charge in [0.25, 0.3) is 23.6 Å². The predicted octanol–water partition coefficient (Wildman–Crippen LogP) is 11.5. The summed E-state index contributed by atoms with van der Waals surface area (Å²) in [5.41, 5.74) is 9.25. The van der Waals surface area contributed by atoms with E-state index in [0.717, 1.165) is 41.6 Å². The molecule has 95 heavy (non-hydrogen) atoms. The molecule has 5 aromatic rings. The minimum atomic E-state index is -1.52. The van der Waals surface area contributed by atoms with Crippen LogP contribution in [-0.4, -0.2) is 153 Å². The van der Waals surface area contributed by atoms with Gasteiger partial charge in [0.1, 0.15) is 31.6 Å². The van der Waals surface area contributed by atoms with Gasteiger partial charge in [-0.05, 0) is 107 Å². The fraction of sp³-hybridized carbons (Fsp3) is 0.452. The van der Waals surface area contributed by atoms with Crippen molar-refractivity contribution in [2.45, 2.75) is 134 Å². The summed E-state index contributed by atoms with van der Waals surface area (Å²) >= 11 is 0. The highest BCUT2D eigenvalue weighted by molar-refractivity contribution is 6.76. The van der Waals surface area contributed by atoms with Crippen LogP contribution in [0.25, 0.3) is 16.7 Å². The summed E-state index contributed by atoms with van der Waals surface area (Å²) in [5, 5.41) is 9.06. The molecule has 4 aliphatic heterocycles. The smallest absolute Gasteiger partial charge is 0.260 e. The third kappa shape index (κ3) is 15.4. The summed E-state index contributed by atoms with van der Waals surface area (Å²) in [7, 11) is 0.0408. The minimum Gasteiger partial charge on any atom is -0.493 e. The van der Waals surface area contributed by atoms with E-state index in [1.54, 1.807) is 59.3 Å². The largest absolute Gasteiger partial charge is 0.493 e. The van der Waals surface area contributed by atoms with Crippen LogP contribution in [0, 0.1) is 11.8 Å². The van der Waals surface area contributed by atoms with Crippen LogP contribution in [0.1, 0.15) is 96.2 Å². The molecule has 6 amide bonds. The second kappa shape index (κ2) is 29.1. The molecule has 1 fully saturated rings. The third-order valence-corrected chi connectivity index (χ3v) is 21.9. The summed E-state index contributed by atoms with van der Waals surface area (Å²) in [6.07, 6.45) is 6.78. The van der Waals surface area contributed by atoms with Crippen LogP contribution in [-0.2, 0) is 33.4 Å². The van der Waals surface area contributed by atoms with Crippen LogP contribution in [0.4, 0.5) is 17.1 Å². The van der Waals surface area contributed by atoms with E-state index in [9.17, 15) is 28.8 Å². The fourth-order valence-corrected chi connectivity index (χ4v) is 14.4. The Bertz CT molecular complexity index is 3740. The number of carbonyl (C=O) groups excluding carboxylic acids is 6. The van der Waals surface area contributed by atoms with Gasteiger partial charge in [0.15, 0.2) is 23.0 Å². The van der Waals surface area contributed by atoms with Gasteiger partial charge in [-0.2, -0.15) is 0 Å². The van der Waals surface area contributed by atoms with Crippen LogP contribution in [0.2, 0.25) is 51.4 Å². The molecule has 22 heteroatoms. The van der Waals surface area contributed by atoms with Crippen molar-refractivity contribution in [1.29, 1.82) is 0 Å². The van der Waals surface area contributed by atoms with Crippen molar-refractivity contribution < 1.29 is 61.9 Å². The van der Waals surface area contributed by atoms with Crippen LogP contribution in [0.5, 0.6) is 23.0 Å². The molecular weight excluding hydrogens is 1240 g/mol. The molecule has 1 saturated carbocycles. The highest BCUT2D eigenvalue weighted by Crippen LogP contribution is 2.48. The van der Waals surface area contributed by atoms with Crippen LogP contribution in [0.15, 0.2) is 115 Å². The number of nitrogens with zero attached hydrogens (tertiary/aromatic N) is 4. The second-order valence-corrected chi connectivity index (χ2v) is 39.5. The van der Waals surface area contributed by atoms with Crippen molar-refractivity contribution in [1.82, 2.24) is 20.4 Å². The molecule has 5 aromatic carbocycles. The summed E-state index contributed by atoms with van der Waals surface area (Å²) in [6, 6.07) is 29.2. The summed E-state index contributed by atoms with van der Waals surface area (Å²) in [4.78, 5) is 92.1. The van der Waals surface area contributed by atoms with Crippen molar-refractivity contribution in [3.05, 3.63) is 143 Å². The Balaban J connectivity index is 0.730. The highest BCUT2D eigenvalue weighted by atomic mass is 28.3. The maximum absolute atomic E-state index is 15.0. The molecule has 11 rings (SSSR count). The Morgan fingerprint density at radius 1 is 0.589 bits per heavy atom. The lowest BCUT2D eigenvalue weighted by molar-refractivity contribution is -0.128. The van der Waals surface area contributed by atoms with Gasteiger partial charge in [-0.1, -0.05) is 114 Å². The standard InChI is InChI=1S/C73H91N7O13Si2/c1-45(2)67(74-42-91-41-58-54-19-14-12-17-52(54)53-18-13-15-20-55(53)58)69(82)75-46(3)68(81)76-51-25-23-48(24-26-51)50-34-62-73(86)80(44-90-30-32-95(9,10)11)60-38-66(64(88-5)36-57(60)71(84)78(62)40-50)93-28-16-27-92-65-37-59-56(35-63(65)87-4)70(83)77-39-49(47-21-22-47)33-61(77)72(85)79(59)43-89-29-31-94(6,7)8/h12-15,17-20,23-26,35-40,45-47,58,61-62,67,74H,16,21-22,27-34,41-44H2,1-11H3,(H,75,82)(H,76,81)/t46-,61-,62-,67-/m0/s1. The summed E-state index contributed by atoms with van der Waals surface area (Å²) in [6.45, 7) is 20.8. The first-order valence-corrected chi connectivity index (χ1v) is 40.7. The average Bonchev–Trinajstić information content (AvgIpc) is 1.63. The number of amides is 6. The fourth-order valence-electron chi connectivity index (χ4n) is 12.8. The Kier molecular flexibility index (Phi) is 20.9. The van der Waals surface area contributed by atoms with E-state index in [2.05, 4.69) is 79.5 Å². The lowest BCUT2D eigenvalue weighted by atomic mass is 9.98. The Morgan fingerprint density at radius 2 is 1.11 bits per heavy atom. The number of methoxy groups -OCH3 is 2. The number of ether oxygens (including phenoxy) is 7. The molecule has 504 valence electrons. The zero-order chi connectivity index (χ0) is 67.5. The van der Waals surface area contributed by atoms with E-state index < -0.39 is 52.1 Å². The van der Waals surface area contributed by atoms with E-state index >= 15 is 0 Å². The number of rotatable bonds is 30. The molecule has 4 heterocycles. The quantitative estimate of drug-likeness (QED) is 0.0222. The lowest BCUT2D eigenvalue weighted by Crippen LogP contribution is -2.52. The predicted molar refractivity (Wildman–Crippen MR) is 371 cm³/mol. The molecule has 20 nitrogen and oxygen atoms in total. The van der Waals surface area contributed by atoms with Crippen LogP contribution < -0.4 is 44.7 Å². The normalized spacial score (nSPS) is 18.2. The van der Waals surface area contributed by atoms with Gasteiger partial charge in [-0.25, -0.2) is 0 Å². The summed E-state index contributed by atoms with van der Waals surface area (Å²) in [5.74, 6) is -0.314. The maximum atomic E-state index is 15.0. The van der Waals surface area contributed by atoms with Crippen molar-refractivity contribution in [2.75, 3.05) is 82.6 Å². The number of benzene rings is 5. The first kappa shape index (κ1) is 68.3. The topological polar surface area (TPSA) is 216 Å². The average molecular weight is 1330 g/mol. The van der Waals surface area contributed by atoms with Gasteiger partial charge < -0.3 is 53.6 Å². The number of nitrogens with one attached hydrogen (secondary N) is 3. The number of anilines is 3. The first-order chi connectivity index (χ1) is 45.5. The number of carbonyl (C=O) groups is 6. The molecule has 0 spiro atoms. The van der Waals surface area contributed by atoms with Gasteiger partial charge in [0, 0.05) is 84.8 Å². The van der Waals surface area contributed by atoms with Gasteiger partial charge in [0.2, 0.25) is 11.8 Å². The molecule has 2 aliphatic carbocycles. The lowest BCUT2D eigenvalue weighted by Gasteiger charge is -2.27. The zero-order valence-electron chi connectivity index (χ0n) is 56.6. The zero-order valence-corrected chi connectivity index (χ0v) is 58.6. The van der Waals surface area contributed by atoms with Crippen molar-refractivity contribution >= 4 is 74.2 Å². The van der Waals surface area contributed by atoms with Gasteiger partial charge in [0.05, 0.1) is 69.3 Å². The van der Waals surface area contributed by atoms with Gasteiger partial charge >= 0.3 is 0 Å². The first-order valence-electron chi connectivity index (χ1n) is 33.3. The van der Waals surface area contributed by atoms with Crippen LogP contribution >= 0.6 is 0 Å². The number of fused-ring (bicyclic) bond motifs is 7. The van der Waals surface area contributed by atoms with Crippen LogP contribution in [0.3, 0.4) is 0 Å². The maximum Gasteiger partial charge on any atom is 0.260 e. The molecule has 6 aliphatic rings. The van der Waals surface area contributed by atoms with E-state index in [4.69, 9.17) is 33.2 Å². The monoisotopic (exact) mass is 1330 g/mol.